The molecule has 0 aliphatic carbocycles. The fourth-order valence-electron chi connectivity index (χ4n) is 2.32. The van der Waals surface area contributed by atoms with Crippen molar-refractivity contribution in [1.29, 1.82) is 0 Å². The van der Waals surface area contributed by atoms with Crippen molar-refractivity contribution >= 4 is 0 Å². The average molecular weight is 223 g/mol. The monoisotopic (exact) mass is 223 g/mol. The highest BCUT2D eigenvalue weighted by Crippen LogP contribution is 2.27. The second-order valence-corrected chi connectivity index (χ2v) is 4.85. The molecule has 0 saturated carbocycles. The Kier molecular flexibility index (Phi) is 4.54. The van der Waals surface area contributed by atoms with Crippen molar-refractivity contribution in [1.82, 2.24) is 9.78 Å². The minimum absolute atomic E-state index is 0.347. The maximum atomic E-state index is 5.96. The third kappa shape index (κ3) is 2.85. The van der Waals surface area contributed by atoms with Crippen LogP contribution in [0.5, 0.6) is 0 Å². The van der Waals surface area contributed by atoms with Crippen LogP contribution in [-0.2, 0) is 7.05 Å². The predicted molar refractivity (Wildman–Crippen MR) is 68.6 cm³/mol. The molecule has 0 aromatic carbocycles. The zero-order valence-corrected chi connectivity index (χ0v) is 11.2. The van der Waals surface area contributed by atoms with Crippen LogP contribution in [-0.4, -0.2) is 15.8 Å². The molecule has 3 heteroatoms. The molecule has 3 nitrogen and oxygen atoms in total. The van der Waals surface area contributed by atoms with Crippen LogP contribution >= 0.6 is 0 Å². The van der Waals surface area contributed by atoms with Crippen LogP contribution in [0.15, 0.2) is 0 Å². The Morgan fingerprint density at radius 1 is 1.31 bits per heavy atom. The quantitative estimate of drug-likeness (QED) is 0.834. The molecule has 2 atom stereocenters. The predicted octanol–water partition coefficient (Wildman–Crippen LogP) is 2.66. The average Bonchev–Trinajstić information content (AvgIpc) is 2.49. The lowest BCUT2D eigenvalue weighted by molar-refractivity contribution is 0.528. The lowest BCUT2D eigenvalue weighted by Gasteiger charge is -2.15. The molecule has 0 bridgehead atoms. The number of nitrogens with zero attached hydrogens (tertiary/aromatic N) is 2. The first-order chi connectivity index (χ1) is 7.47. The summed E-state index contributed by atoms with van der Waals surface area (Å²) in [5.41, 5.74) is 9.82. The van der Waals surface area contributed by atoms with E-state index in [4.69, 9.17) is 5.73 Å². The van der Waals surface area contributed by atoms with E-state index in [1.807, 2.05) is 11.7 Å². The molecule has 1 aromatic heterocycles. The first-order valence-electron chi connectivity index (χ1n) is 6.23. The first kappa shape index (κ1) is 13.2. The van der Waals surface area contributed by atoms with E-state index in [1.165, 1.54) is 11.3 Å². The fourth-order valence-corrected chi connectivity index (χ4v) is 2.32. The van der Waals surface area contributed by atoms with Crippen molar-refractivity contribution in [2.24, 2.45) is 12.8 Å². The third-order valence-electron chi connectivity index (χ3n) is 3.55. The topological polar surface area (TPSA) is 43.8 Å². The van der Waals surface area contributed by atoms with E-state index in [-0.39, 0.29) is 0 Å². The molecule has 16 heavy (non-hydrogen) atoms. The van der Waals surface area contributed by atoms with Crippen molar-refractivity contribution in [3.8, 4) is 0 Å². The Hall–Kier alpha value is -0.830. The summed E-state index contributed by atoms with van der Waals surface area (Å²) < 4.78 is 1.97. The second-order valence-electron chi connectivity index (χ2n) is 4.85. The summed E-state index contributed by atoms with van der Waals surface area (Å²) in [4.78, 5) is 0. The van der Waals surface area contributed by atoms with Gasteiger partial charge in [-0.2, -0.15) is 5.10 Å². The summed E-state index contributed by atoms with van der Waals surface area (Å²) in [7, 11) is 2.01. The van der Waals surface area contributed by atoms with E-state index >= 15 is 0 Å². The van der Waals surface area contributed by atoms with Gasteiger partial charge < -0.3 is 5.73 Å². The first-order valence-corrected chi connectivity index (χ1v) is 6.23. The van der Waals surface area contributed by atoms with Gasteiger partial charge in [-0.15, -0.1) is 0 Å². The zero-order valence-electron chi connectivity index (χ0n) is 11.2. The van der Waals surface area contributed by atoms with Gasteiger partial charge in [-0.05, 0) is 44.6 Å². The Morgan fingerprint density at radius 2 is 1.94 bits per heavy atom. The normalized spacial score (nSPS) is 15.1. The summed E-state index contributed by atoms with van der Waals surface area (Å²) in [5.74, 6) is 0.561. The molecule has 0 radical (unpaired) electrons. The van der Waals surface area contributed by atoms with E-state index < -0.39 is 0 Å². The summed E-state index contributed by atoms with van der Waals surface area (Å²) in [6, 6.07) is 0.347. The van der Waals surface area contributed by atoms with E-state index in [0.29, 0.717) is 12.0 Å². The van der Waals surface area contributed by atoms with Crippen molar-refractivity contribution in [2.75, 3.05) is 0 Å². The Balaban J connectivity index is 2.69. The minimum Gasteiger partial charge on any atom is -0.328 e. The minimum atomic E-state index is 0.347. The number of nitrogens with two attached hydrogens (primary N) is 1. The zero-order chi connectivity index (χ0) is 12.3. The summed E-state index contributed by atoms with van der Waals surface area (Å²) in [5, 5.41) is 4.46. The van der Waals surface area contributed by atoms with E-state index in [1.54, 1.807) is 0 Å². The molecule has 1 rings (SSSR count). The highest BCUT2D eigenvalue weighted by Gasteiger charge is 2.16. The molecular weight excluding hydrogens is 198 g/mol. The van der Waals surface area contributed by atoms with Crippen molar-refractivity contribution in [3.63, 3.8) is 0 Å². The van der Waals surface area contributed by atoms with Gasteiger partial charge in [0, 0.05) is 18.8 Å². The Bertz CT molecular complexity index is 341. The molecule has 0 aliphatic rings. The highest BCUT2D eigenvalue weighted by molar-refractivity contribution is 5.27. The summed E-state index contributed by atoms with van der Waals surface area (Å²) in [6.45, 7) is 8.67. The van der Waals surface area contributed by atoms with Crippen LogP contribution in [0.1, 0.15) is 56.0 Å². The van der Waals surface area contributed by atoms with Crippen LogP contribution in [0.25, 0.3) is 0 Å². The van der Waals surface area contributed by atoms with Gasteiger partial charge >= 0.3 is 0 Å². The Morgan fingerprint density at radius 3 is 2.38 bits per heavy atom. The number of aromatic nitrogens is 2. The second kappa shape index (κ2) is 5.48. The van der Waals surface area contributed by atoms with Gasteiger partial charge in [-0.25, -0.2) is 0 Å². The van der Waals surface area contributed by atoms with E-state index in [9.17, 15) is 0 Å². The third-order valence-corrected chi connectivity index (χ3v) is 3.55. The summed E-state index contributed by atoms with van der Waals surface area (Å²) in [6.07, 6.45) is 3.32. The van der Waals surface area contributed by atoms with Crippen molar-refractivity contribution in [2.45, 2.75) is 58.9 Å². The molecule has 1 heterocycles. The molecular formula is C13H25N3. The van der Waals surface area contributed by atoms with E-state index in [2.05, 4.69) is 32.8 Å². The van der Waals surface area contributed by atoms with Crippen LogP contribution in [0, 0.1) is 13.8 Å². The molecule has 0 aliphatic heterocycles. The smallest absolute Gasteiger partial charge is 0.0631 e. The molecule has 0 amide bonds. The lowest BCUT2D eigenvalue weighted by atomic mass is 9.92. The molecule has 2 unspecified atom stereocenters. The molecule has 0 saturated heterocycles. The number of aryl methyl sites for hydroxylation is 2. The molecule has 1 aromatic rings. The largest absolute Gasteiger partial charge is 0.328 e. The fraction of sp³-hybridized carbons (Fsp3) is 0.769. The Labute approximate surface area is 99.0 Å². The number of hydrogen-bond donors (Lipinski definition) is 1. The lowest BCUT2D eigenvalue weighted by Crippen LogP contribution is -2.19. The van der Waals surface area contributed by atoms with Gasteiger partial charge in [-0.3, -0.25) is 4.68 Å². The number of hydrogen-bond acceptors (Lipinski definition) is 2. The van der Waals surface area contributed by atoms with Gasteiger partial charge in [-0.1, -0.05) is 13.8 Å². The van der Waals surface area contributed by atoms with Crippen LogP contribution in [0.3, 0.4) is 0 Å². The van der Waals surface area contributed by atoms with Crippen molar-refractivity contribution < 1.29 is 0 Å². The van der Waals surface area contributed by atoms with Gasteiger partial charge in [0.25, 0.3) is 0 Å². The van der Waals surface area contributed by atoms with Gasteiger partial charge in [0.05, 0.1) is 5.69 Å². The van der Waals surface area contributed by atoms with Gasteiger partial charge in [0.1, 0.15) is 0 Å². The molecule has 0 fully saturated rings. The van der Waals surface area contributed by atoms with Crippen LogP contribution < -0.4 is 5.73 Å². The van der Waals surface area contributed by atoms with Crippen LogP contribution in [0.4, 0.5) is 0 Å². The van der Waals surface area contributed by atoms with Crippen LogP contribution in [0.2, 0.25) is 0 Å². The number of rotatable bonds is 5. The standard InChI is InChI=1S/C13H25N3/c1-6-12(14)8-7-9(2)13-10(3)15-16(5)11(13)4/h9,12H,6-8,14H2,1-5H3. The molecule has 92 valence electrons. The summed E-state index contributed by atoms with van der Waals surface area (Å²) >= 11 is 0. The maximum Gasteiger partial charge on any atom is 0.0631 e. The van der Waals surface area contributed by atoms with Gasteiger partial charge in [0.2, 0.25) is 0 Å². The van der Waals surface area contributed by atoms with Gasteiger partial charge in [0.15, 0.2) is 0 Å². The molecule has 0 spiro atoms. The highest BCUT2D eigenvalue weighted by atomic mass is 15.3. The van der Waals surface area contributed by atoms with Crippen molar-refractivity contribution in [3.05, 3.63) is 17.0 Å². The van der Waals surface area contributed by atoms with E-state index in [0.717, 1.165) is 25.0 Å². The SMILES string of the molecule is CCC(N)CCC(C)c1c(C)nn(C)c1C. The maximum absolute atomic E-state index is 5.96. The molecule has 2 N–H and O–H groups in total.